The molecule has 1 aliphatic rings. The van der Waals surface area contributed by atoms with E-state index in [4.69, 9.17) is 7.93 Å². The third kappa shape index (κ3) is 0.412. The van der Waals surface area contributed by atoms with Crippen molar-refractivity contribution in [2.24, 2.45) is 0 Å². The molecule has 0 atom stereocenters. The molecule has 0 aromatic carbocycles. The first-order valence-corrected chi connectivity index (χ1v) is 1.71. The van der Waals surface area contributed by atoms with Gasteiger partial charge in [-0.1, -0.05) is 0 Å². The maximum absolute atomic E-state index is 8.53. The normalized spacial score (nSPS) is 41.8. The van der Waals surface area contributed by atoms with Gasteiger partial charge in [-0.05, 0) is 0 Å². The number of hydrogen-bond acceptors (Lipinski definition) is 1. The van der Waals surface area contributed by atoms with Crippen molar-refractivity contribution in [2.75, 3.05) is 13.1 Å². The number of rotatable bonds is 0. The van der Waals surface area contributed by atoms with Gasteiger partial charge in [0.1, 0.15) is 13.1 Å². The average molecular weight is 78.1 g/mol. The number of hydrogen-bond donors (Lipinski definition) is 2. The molecule has 0 aromatic heterocycles. The molecule has 3 N–H and O–H groups in total. The Bertz CT molecular complexity index is 77.0. The van der Waals surface area contributed by atoms with E-state index in [-0.39, 0.29) is 13.1 Å². The quantitative estimate of drug-likeness (QED) is 0.343. The summed E-state index contributed by atoms with van der Waals surface area (Å²) in [6.45, 7) is 0.528. The molecule has 0 aromatic rings. The van der Waals surface area contributed by atoms with E-state index < -0.39 is 11.4 Å². The van der Waals surface area contributed by atoms with Crippen LogP contribution in [0.5, 0.6) is 0 Å². The Labute approximate surface area is 33.7 Å². The fourth-order valence-corrected chi connectivity index (χ4v) is 0.245. The third-order valence-electron chi connectivity index (χ3n) is 0.680. The molecule has 0 saturated carbocycles. The Balaban J connectivity index is 2.29. The average Bonchev–Trinajstić information content (AvgIpc) is 1.27. The zero-order valence-electron chi connectivity index (χ0n) is 4.89. The van der Waals surface area contributed by atoms with Crippen LogP contribution in [0.2, 0.25) is 2.82 Å². The Morgan fingerprint density at radius 2 is 2.60 bits per heavy atom. The Morgan fingerprint density at radius 3 is 2.60 bits per heavy atom. The van der Waals surface area contributed by atoms with Crippen LogP contribution < -0.4 is 5.30 Å². The summed E-state index contributed by atoms with van der Waals surface area (Å²) < 4.78 is 13.7. The summed E-state index contributed by atoms with van der Waals surface area (Å²) in [5, 5.41) is 8.02. The van der Waals surface area contributed by atoms with E-state index in [1.54, 1.807) is 0 Å². The minimum absolute atomic E-state index is 0.264. The summed E-state index contributed by atoms with van der Waals surface area (Å²) in [6.07, 6.45) is -0.394. The van der Waals surface area contributed by atoms with Gasteiger partial charge in [-0.2, -0.15) is 0 Å². The van der Waals surface area contributed by atoms with Crippen molar-refractivity contribution in [3.63, 3.8) is 0 Å². The Morgan fingerprint density at radius 1 is 2.00 bits per heavy atom. The van der Waals surface area contributed by atoms with Crippen LogP contribution in [-0.4, -0.2) is 24.3 Å². The van der Waals surface area contributed by atoms with Crippen LogP contribution in [0.15, 0.2) is 0 Å². The molecule has 5 heavy (non-hydrogen) atoms. The van der Waals surface area contributed by atoms with Crippen molar-refractivity contribution >= 4 is 0 Å². The lowest BCUT2D eigenvalue weighted by Gasteiger charge is -2.15. The highest BCUT2D eigenvalue weighted by atomic mass is 16.3. The summed E-state index contributed by atoms with van der Waals surface area (Å²) in [6, 6.07) is 0. The maximum Gasteiger partial charge on any atom is 0.346 e. The summed E-state index contributed by atoms with van der Waals surface area (Å²) in [4.78, 5) is 0. The van der Waals surface area contributed by atoms with Crippen molar-refractivity contribution in [2.45, 2.75) is 6.10 Å². The van der Waals surface area contributed by atoms with Gasteiger partial charge >= 0.3 is 2.82 Å². The van der Waals surface area contributed by atoms with E-state index in [1.807, 2.05) is 0 Å². The molecule has 30 valence electrons. The molecule has 0 spiro atoms. The lowest BCUT2D eigenvalue weighted by atomic mass is 10.2. The highest BCUT2D eigenvalue weighted by molar-refractivity contribution is 4.52. The van der Waals surface area contributed by atoms with Gasteiger partial charge in [-0.15, -0.1) is 0 Å². The zero-order valence-corrected chi connectivity index (χ0v) is 2.89. The summed E-state index contributed by atoms with van der Waals surface area (Å²) in [7, 11) is 0. The van der Waals surface area contributed by atoms with E-state index in [9.17, 15) is 0 Å². The third-order valence-corrected chi connectivity index (χ3v) is 0.680. The van der Waals surface area contributed by atoms with E-state index in [0.717, 1.165) is 0 Å². The first-order chi connectivity index (χ1) is 3.10. The SMILES string of the molecule is [3H][N+]1([3H])CC(O)C1. The molecule has 1 heterocycles. The second-order valence-electron chi connectivity index (χ2n) is 1.24. The van der Waals surface area contributed by atoms with Gasteiger partial charge in [0, 0.05) is 0 Å². The molecule has 1 aliphatic heterocycles. The summed E-state index contributed by atoms with van der Waals surface area (Å²) >= 11 is 0. The Kier molecular flexibility index (Phi) is 0.301. The monoisotopic (exact) mass is 78.1 g/mol. The molecular weight excluding hydrogens is 66.0 g/mol. The van der Waals surface area contributed by atoms with Gasteiger partial charge in [-0.3, -0.25) is 0 Å². The van der Waals surface area contributed by atoms with Crippen molar-refractivity contribution in [3.8, 4) is 0 Å². The van der Waals surface area contributed by atoms with Gasteiger partial charge in [0.15, 0.2) is 6.10 Å². The van der Waals surface area contributed by atoms with E-state index in [0.29, 0.717) is 0 Å². The molecular formula is C3H8NO+. The molecule has 1 fully saturated rings. The van der Waals surface area contributed by atoms with E-state index in [2.05, 4.69) is 0 Å². The van der Waals surface area contributed by atoms with Crippen LogP contribution >= 0.6 is 0 Å². The second kappa shape index (κ2) is 0.954. The minimum atomic E-state index is -0.513. The standard InChI is InChI=1S/C3H7NO/c5-3-1-4-2-3/h3-5H,1-2H2/p+1/i/hT2. The number of quaternary nitrogens is 1. The molecule has 0 unspecified atom stereocenters. The lowest BCUT2D eigenvalue weighted by molar-refractivity contribution is -0.723. The first-order valence-electron chi connectivity index (χ1n) is 2.60. The second-order valence-corrected chi connectivity index (χ2v) is 1.24. The summed E-state index contributed by atoms with van der Waals surface area (Å²) in [5.41, 5.74) is 0. The van der Waals surface area contributed by atoms with Crippen LogP contribution in [0.1, 0.15) is 0 Å². The fraction of sp³-hybridized carbons (Fsp3) is 1.00. The van der Waals surface area contributed by atoms with Crippen molar-refractivity contribution in [3.05, 3.63) is 0 Å². The smallest absolute Gasteiger partial charge is 0.346 e. The highest BCUT2D eigenvalue weighted by Gasteiger charge is 2.15. The Hall–Kier alpha value is -0.0800. The van der Waals surface area contributed by atoms with Gasteiger partial charge in [0.05, 0.1) is 0 Å². The van der Waals surface area contributed by atoms with Gasteiger partial charge in [-0.25, -0.2) is 0 Å². The van der Waals surface area contributed by atoms with E-state index in [1.165, 1.54) is 0 Å². The van der Waals surface area contributed by atoms with Crippen molar-refractivity contribution in [1.82, 2.24) is 0 Å². The fourth-order valence-electron chi connectivity index (χ4n) is 0.245. The van der Waals surface area contributed by atoms with Crippen LogP contribution in [0.25, 0.3) is 0 Å². The molecule has 0 radical (unpaired) electrons. The number of aliphatic hydroxyl groups excluding tert-OH is 1. The van der Waals surface area contributed by atoms with Crippen LogP contribution in [0.3, 0.4) is 0 Å². The van der Waals surface area contributed by atoms with Gasteiger partial charge in [0.25, 0.3) is 0 Å². The van der Waals surface area contributed by atoms with Gasteiger partial charge in [0.2, 0.25) is 0 Å². The number of aliphatic hydroxyl groups is 1. The molecule has 0 aliphatic carbocycles. The van der Waals surface area contributed by atoms with Crippen molar-refractivity contribution < 1.29 is 13.2 Å². The minimum Gasteiger partial charge on any atom is -0.382 e. The first kappa shape index (κ1) is 1.58. The van der Waals surface area contributed by atoms with Crippen LogP contribution in [0.4, 0.5) is 0 Å². The van der Waals surface area contributed by atoms with Gasteiger partial charge < -0.3 is 10.4 Å². The van der Waals surface area contributed by atoms with Crippen LogP contribution in [-0.2, 0) is 0 Å². The van der Waals surface area contributed by atoms with Crippen LogP contribution in [0, 0.1) is 0 Å². The largest absolute Gasteiger partial charge is 0.382 e. The lowest BCUT2D eigenvalue weighted by Crippen LogP contribution is -2.98. The van der Waals surface area contributed by atoms with Crippen molar-refractivity contribution in [1.29, 1.82) is 0 Å². The highest BCUT2D eigenvalue weighted by Crippen LogP contribution is 1.73. The molecule has 2 heteroatoms. The predicted octanol–water partition coefficient (Wildman–Crippen LogP) is -2.08. The molecule has 1 saturated heterocycles. The predicted molar refractivity (Wildman–Crippen MR) is 17.7 cm³/mol. The molecule has 0 amide bonds. The molecule has 2 nitrogen and oxygen atoms in total. The molecule has 0 bridgehead atoms. The topological polar surface area (TPSA) is 36.8 Å². The maximum atomic E-state index is 8.53. The molecule has 1 rings (SSSR count). The van der Waals surface area contributed by atoms with E-state index >= 15 is 0 Å². The zero-order chi connectivity index (χ0) is 5.49. The summed E-state index contributed by atoms with van der Waals surface area (Å²) in [5.74, 6) is 0. The number of nitrogens with two attached hydrogens (primary N) is 1.